The van der Waals surface area contributed by atoms with Crippen molar-refractivity contribution < 1.29 is 22.8 Å². The molecule has 1 N–H and O–H groups in total. The zero-order valence-electron chi connectivity index (χ0n) is 18.8. The van der Waals surface area contributed by atoms with Crippen LogP contribution in [0.3, 0.4) is 0 Å². The van der Waals surface area contributed by atoms with Gasteiger partial charge in [0.15, 0.2) is 23.1 Å². The van der Waals surface area contributed by atoms with Crippen LogP contribution < -0.4 is 5.32 Å². The maximum absolute atomic E-state index is 13.8. The maximum atomic E-state index is 13.8. The predicted octanol–water partition coefficient (Wildman–Crippen LogP) is 3.95. The Morgan fingerprint density at radius 1 is 1.06 bits per heavy atom. The van der Waals surface area contributed by atoms with Crippen LogP contribution in [0.1, 0.15) is 23.4 Å². The molecule has 0 aliphatic rings. The molecule has 0 fully saturated rings. The molecule has 4 rings (SSSR count). The molecule has 0 aliphatic heterocycles. The molecule has 34 heavy (non-hydrogen) atoms. The zero-order valence-corrected chi connectivity index (χ0v) is 18.8. The lowest BCUT2D eigenvalue weighted by Crippen LogP contribution is -2.35. The van der Waals surface area contributed by atoms with Gasteiger partial charge in [-0.3, -0.25) is 9.59 Å². The Kier molecular flexibility index (Phi) is 6.23. The van der Waals surface area contributed by atoms with Crippen molar-refractivity contribution in [3.63, 3.8) is 0 Å². The van der Waals surface area contributed by atoms with Gasteiger partial charge in [-0.1, -0.05) is 12.1 Å². The fraction of sp³-hybridized carbons (Fsp3) is 0.250. The number of amides is 2. The SMILES string of the molecule is Cc1nc2c3ccccc3nn2c(C)c1CCC(=O)N(C)CC(=O)Nc1ccc(F)c(F)c1F. The summed E-state index contributed by atoms with van der Waals surface area (Å²) < 4.78 is 41.9. The molecule has 0 spiro atoms. The van der Waals surface area contributed by atoms with Crippen molar-refractivity contribution in [2.45, 2.75) is 26.7 Å². The zero-order chi connectivity index (χ0) is 24.6. The number of anilines is 1. The third-order valence-electron chi connectivity index (χ3n) is 5.72. The highest BCUT2D eigenvalue weighted by Crippen LogP contribution is 2.23. The molecule has 0 atom stereocenters. The van der Waals surface area contributed by atoms with Crippen molar-refractivity contribution in [1.29, 1.82) is 0 Å². The quantitative estimate of drug-likeness (QED) is 0.434. The Labute approximate surface area is 193 Å². The maximum Gasteiger partial charge on any atom is 0.244 e. The topological polar surface area (TPSA) is 79.6 Å². The van der Waals surface area contributed by atoms with Crippen molar-refractivity contribution in [2.75, 3.05) is 18.9 Å². The van der Waals surface area contributed by atoms with E-state index in [1.807, 2.05) is 38.1 Å². The summed E-state index contributed by atoms with van der Waals surface area (Å²) in [5.41, 5.74) is 3.63. The van der Waals surface area contributed by atoms with Gasteiger partial charge < -0.3 is 10.2 Å². The summed E-state index contributed by atoms with van der Waals surface area (Å²) >= 11 is 0. The van der Waals surface area contributed by atoms with Crippen LogP contribution >= 0.6 is 0 Å². The molecule has 0 unspecified atom stereocenters. The van der Waals surface area contributed by atoms with Gasteiger partial charge in [-0.15, -0.1) is 0 Å². The number of carbonyl (C=O) groups excluding carboxylic acids is 2. The third-order valence-corrected chi connectivity index (χ3v) is 5.72. The van der Waals surface area contributed by atoms with Crippen molar-refractivity contribution in [2.24, 2.45) is 0 Å². The number of hydrogen-bond acceptors (Lipinski definition) is 4. The van der Waals surface area contributed by atoms with E-state index in [1.54, 1.807) is 4.52 Å². The number of aryl methyl sites for hydroxylation is 2. The normalized spacial score (nSPS) is 11.2. The molecule has 176 valence electrons. The number of fused-ring (bicyclic) bond motifs is 3. The van der Waals surface area contributed by atoms with Crippen molar-refractivity contribution >= 4 is 34.1 Å². The van der Waals surface area contributed by atoms with Crippen LogP contribution in [0.5, 0.6) is 0 Å². The first-order valence-electron chi connectivity index (χ1n) is 10.6. The lowest BCUT2D eigenvalue weighted by atomic mass is 10.1. The summed E-state index contributed by atoms with van der Waals surface area (Å²) in [4.78, 5) is 30.7. The van der Waals surface area contributed by atoms with Crippen molar-refractivity contribution in [3.05, 3.63) is 70.8 Å². The Bertz CT molecular complexity index is 1430. The molecule has 0 aliphatic carbocycles. The van der Waals surface area contributed by atoms with Crippen LogP contribution in [0, 0.1) is 31.3 Å². The number of rotatable bonds is 6. The second kappa shape index (κ2) is 9.12. The second-order valence-corrected chi connectivity index (χ2v) is 8.03. The Balaban J connectivity index is 1.42. The van der Waals surface area contributed by atoms with Crippen LogP contribution in [-0.4, -0.2) is 44.9 Å². The van der Waals surface area contributed by atoms with Crippen molar-refractivity contribution in [1.82, 2.24) is 19.5 Å². The molecule has 2 aromatic carbocycles. The van der Waals surface area contributed by atoms with Crippen molar-refractivity contribution in [3.8, 4) is 0 Å². The Morgan fingerprint density at radius 2 is 1.79 bits per heavy atom. The number of benzene rings is 2. The number of halogens is 3. The minimum atomic E-state index is -1.68. The number of hydrogen-bond donors (Lipinski definition) is 1. The average Bonchev–Trinajstić information content (AvgIpc) is 3.18. The van der Waals surface area contributed by atoms with Gasteiger partial charge in [-0.05, 0) is 50.1 Å². The van der Waals surface area contributed by atoms with Gasteiger partial charge in [0, 0.05) is 30.2 Å². The molecule has 2 heterocycles. The van der Waals surface area contributed by atoms with E-state index in [4.69, 9.17) is 0 Å². The average molecular weight is 469 g/mol. The predicted molar refractivity (Wildman–Crippen MR) is 121 cm³/mol. The molecular weight excluding hydrogens is 447 g/mol. The number of nitrogens with one attached hydrogen (secondary N) is 1. The van der Waals surface area contributed by atoms with Gasteiger partial charge in [-0.2, -0.15) is 5.10 Å². The minimum Gasteiger partial charge on any atom is -0.336 e. The summed E-state index contributed by atoms with van der Waals surface area (Å²) in [6, 6.07) is 9.33. The lowest BCUT2D eigenvalue weighted by Gasteiger charge is -2.18. The lowest BCUT2D eigenvalue weighted by molar-refractivity contribution is -0.133. The summed E-state index contributed by atoms with van der Waals surface area (Å²) in [5.74, 6) is -5.58. The number of likely N-dealkylation sites (N-methyl/N-ethyl adjacent to an activating group) is 1. The van der Waals surface area contributed by atoms with Crippen LogP contribution in [-0.2, 0) is 16.0 Å². The smallest absolute Gasteiger partial charge is 0.244 e. The van der Waals surface area contributed by atoms with E-state index in [2.05, 4.69) is 15.4 Å². The molecule has 10 heteroatoms. The van der Waals surface area contributed by atoms with Gasteiger partial charge in [0.2, 0.25) is 11.8 Å². The van der Waals surface area contributed by atoms with E-state index < -0.39 is 29.0 Å². The fourth-order valence-electron chi connectivity index (χ4n) is 3.88. The van der Waals surface area contributed by atoms with Gasteiger partial charge in [-0.25, -0.2) is 22.7 Å². The van der Waals surface area contributed by atoms with Crippen LogP contribution in [0.25, 0.3) is 16.6 Å². The van der Waals surface area contributed by atoms with Crippen LogP contribution in [0.2, 0.25) is 0 Å². The summed E-state index contributed by atoms with van der Waals surface area (Å²) in [6.07, 6.45) is 0.498. The molecule has 2 amide bonds. The van der Waals surface area contributed by atoms with Crippen LogP contribution in [0.4, 0.5) is 18.9 Å². The summed E-state index contributed by atoms with van der Waals surface area (Å²) in [5, 5.41) is 7.70. The monoisotopic (exact) mass is 469 g/mol. The van der Waals surface area contributed by atoms with E-state index >= 15 is 0 Å². The third kappa shape index (κ3) is 4.30. The molecule has 0 bridgehead atoms. The molecule has 0 radical (unpaired) electrons. The molecule has 4 aromatic rings. The van der Waals surface area contributed by atoms with Crippen LogP contribution in [0.15, 0.2) is 36.4 Å². The first kappa shape index (κ1) is 23.2. The Hall–Kier alpha value is -3.95. The number of aromatic nitrogens is 3. The van der Waals surface area contributed by atoms with E-state index in [-0.39, 0.29) is 18.9 Å². The van der Waals surface area contributed by atoms with Gasteiger partial charge in [0.05, 0.1) is 17.7 Å². The molecule has 0 saturated carbocycles. The van der Waals surface area contributed by atoms with Gasteiger partial charge >= 0.3 is 0 Å². The molecular formula is C24H22F3N5O2. The highest BCUT2D eigenvalue weighted by Gasteiger charge is 2.19. The first-order valence-corrected chi connectivity index (χ1v) is 10.6. The minimum absolute atomic E-state index is 0.110. The van der Waals surface area contributed by atoms with E-state index in [1.165, 1.54) is 11.9 Å². The number of nitrogens with zero attached hydrogens (tertiary/aromatic N) is 4. The van der Waals surface area contributed by atoms with E-state index in [0.717, 1.165) is 39.6 Å². The highest BCUT2D eigenvalue weighted by atomic mass is 19.2. The second-order valence-electron chi connectivity index (χ2n) is 8.03. The van der Waals surface area contributed by atoms with E-state index in [0.29, 0.717) is 12.5 Å². The highest BCUT2D eigenvalue weighted by molar-refractivity contribution is 5.94. The standard InChI is InChI=1S/C24H22F3N5O2/c1-13-15(14(2)32-24(28-13)16-6-4-5-7-18(16)30-32)8-11-21(34)31(3)12-20(33)29-19-10-9-17(25)22(26)23(19)27/h4-7,9-10H,8,11-12H2,1-3H3,(H,29,33). The number of carbonyl (C=O) groups is 2. The fourth-order valence-corrected chi connectivity index (χ4v) is 3.88. The Morgan fingerprint density at radius 3 is 2.56 bits per heavy atom. The van der Waals surface area contributed by atoms with Gasteiger partial charge in [0.1, 0.15) is 0 Å². The molecule has 7 nitrogen and oxygen atoms in total. The summed E-state index contributed by atoms with van der Waals surface area (Å²) in [7, 11) is 1.44. The van der Waals surface area contributed by atoms with E-state index in [9.17, 15) is 22.8 Å². The largest absolute Gasteiger partial charge is 0.336 e. The molecule has 0 saturated heterocycles. The molecule has 2 aromatic heterocycles. The summed E-state index contributed by atoms with van der Waals surface area (Å²) in [6.45, 7) is 3.42. The van der Waals surface area contributed by atoms with Gasteiger partial charge in [0.25, 0.3) is 0 Å². The first-order chi connectivity index (χ1) is 16.2.